The quantitative estimate of drug-likeness (QED) is 0.797. The molecular weight excluding hydrogens is 242 g/mol. The van der Waals surface area contributed by atoms with Gasteiger partial charge in [-0.15, -0.1) is 0 Å². The normalized spacial score (nSPS) is 11.9. The van der Waals surface area contributed by atoms with Gasteiger partial charge in [0.15, 0.2) is 0 Å². The molecule has 5 nitrogen and oxygen atoms in total. The highest BCUT2D eigenvalue weighted by Crippen LogP contribution is 2.16. The molecule has 0 aliphatic rings. The fourth-order valence-corrected chi connectivity index (χ4v) is 1.60. The van der Waals surface area contributed by atoms with Crippen molar-refractivity contribution in [1.29, 1.82) is 5.26 Å². The molecule has 92 valence electrons. The minimum atomic E-state index is -0.615. The first kappa shape index (κ1) is 13.7. The molecule has 0 radical (unpaired) electrons. The number of pyridine rings is 1. The summed E-state index contributed by atoms with van der Waals surface area (Å²) in [6.07, 6.45) is -0.615. The number of aliphatic hydroxyl groups excluding tert-OH is 1. The Morgan fingerprint density at radius 3 is 2.94 bits per heavy atom. The number of hydrogen-bond donors (Lipinski definition) is 1. The van der Waals surface area contributed by atoms with E-state index in [2.05, 4.69) is 4.98 Å². The molecule has 0 bridgehead atoms. The van der Waals surface area contributed by atoms with E-state index in [1.165, 1.54) is 13.2 Å². The number of aliphatic hydroxyl groups is 1. The number of aromatic nitrogens is 1. The number of nitriles is 1. The van der Waals surface area contributed by atoms with Crippen LogP contribution in [0.4, 0.5) is 5.82 Å². The molecule has 0 aliphatic heterocycles. The lowest BCUT2D eigenvalue weighted by molar-refractivity contribution is 0.0694. The van der Waals surface area contributed by atoms with Crippen LogP contribution in [0.15, 0.2) is 12.1 Å². The highest BCUT2D eigenvalue weighted by atomic mass is 35.5. The van der Waals surface area contributed by atoms with E-state index in [1.807, 2.05) is 6.07 Å². The summed E-state index contributed by atoms with van der Waals surface area (Å²) in [4.78, 5) is 5.80. The van der Waals surface area contributed by atoms with Crippen molar-refractivity contribution in [3.05, 3.63) is 22.8 Å². The Kier molecular flexibility index (Phi) is 5.16. The van der Waals surface area contributed by atoms with Crippen LogP contribution in [0.2, 0.25) is 5.15 Å². The summed E-state index contributed by atoms with van der Waals surface area (Å²) < 4.78 is 4.83. The number of hydrogen-bond acceptors (Lipinski definition) is 5. The fourth-order valence-electron chi connectivity index (χ4n) is 1.40. The largest absolute Gasteiger partial charge is 0.389 e. The van der Waals surface area contributed by atoms with Crippen molar-refractivity contribution in [3.63, 3.8) is 0 Å². The van der Waals surface area contributed by atoms with E-state index in [0.717, 1.165) is 0 Å². The summed E-state index contributed by atoms with van der Waals surface area (Å²) in [5, 5.41) is 18.7. The van der Waals surface area contributed by atoms with E-state index in [4.69, 9.17) is 21.6 Å². The highest BCUT2D eigenvalue weighted by molar-refractivity contribution is 6.29. The average molecular weight is 256 g/mol. The SMILES string of the molecule is COCC(O)CN(C)c1cc(C#N)cc(Cl)n1. The Bertz CT molecular complexity index is 420. The molecule has 1 N–H and O–H groups in total. The third-order valence-electron chi connectivity index (χ3n) is 2.14. The van der Waals surface area contributed by atoms with Crippen LogP contribution in [-0.2, 0) is 4.74 Å². The average Bonchev–Trinajstić information content (AvgIpc) is 2.28. The standard InChI is InChI=1S/C11H14ClN3O2/c1-15(6-9(16)7-17-2)11-4-8(5-13)3-10(12)14-11/h3-4,9,16H,6-7H2,1-2H3. The van der Waals surface area contributed by atoms with E-state index in [0.29, 0.717) is 17.9 Å². The second kappa shape index (κ2) is 6.40. The Labute approximate surface area is 105 Å². The third kappa shape index (κ3) is 4.19. The van der Waals surface area contributed by atoms with Gasteiger partial charge >= 0.3 is 0 Å². The van der Waals surface area contributed by atoms with Crippen molar-refractivity contribution in [2.45, 2.75) is 6.10 Å². The number of likely N-dealkylation sites (N-methyl/N-ethyl adjacent to an activating group) is 1. The van der Waals surface area contributed by atoms with E-state index in [1.54, 1.807) is 18.0 Å². The smallest absolute Gasteiger partial charge is 0.132 e. The molecule has 0 amide bonds. The van der Waals surface area contributed by atoms with Gasteiger partial charge in [0.05, 0.1) is 24.3 Å². The Morgan fingerprint density at radius 1 is 1.65 bits per heavy atom. The zero-order chi connectivity index (χ0) is 12.8. The Morgan fingerprint density at radius 2 is 2.35 bits per heavy atom. The zero-order valence-corrected chi connectivity index (χ0v) is 10.5. The topological polar surface area (TPSA) is 69.4 Å². The lowest BCUT2D eigenvalue weighted by atomic mass is 10.2. The van der Waals surface area contributed by atoms with Crippen molar-refractivity contribution in [2.75, 3.05) is 32.2 Å². The first-order valence-corrected chi connectivity index (χ1v) is 5.40. The van der Waals surface area contributed by atoms with Gasteiger partial charge in [-0.25, -0.2) is 4.98 Å². The molecule has 1 rings (SSSR count). The summed E-state index contributed by atoms with van der Waals surface area (Å²) in [5.74, 6) is 0.546. The monoisotopic (exact) mass is 255 g/mol. The number of halogens is 1. The second-order valence-corrected chi connectivity index (χ2v) is 4.03. The van der Waals surface area contributed by atoms with Gasteiger partial charge < -0.3 is 14.7 Å². The summed E-state index contributed by atoms with van der Waals surface area (Å²) in [5.41, 5.74) is 0.438. The maximum Gasteiger partial charge on any atom is 0.132 e. The van der Waals surface area contributed by atoms with Crippen LogP contribution in [0.5, 0.6) is 0 Å². The minimum Gasteiger partial charge on any atom is -0.389 e. The second-order valence-electron chi connectivity index (χ2n) is 3.64. The highest BCUT2D eigenvalue weighted by Gasteiger charge is 2.11. The maximum absolute atomic E-state index is 9.58. The van der Waals surface area contributed by atoms with Crippen LogP contribution in [-0.4, -0.2) is 43.5 Å². The lowest BCUT2D eigenvalue weighted by Gasteiger charge is -2.21. The number of methoxy groups -OCH3 is 1. The predicted molar refractivity (Wildman–Crippen MR) is 65.1 cm³/mol. The Balaban J connectivity index is 2.78. The number of anilines is 1. The molecule has 0 saturated carbocycles. The van der Waals surface area contributed by atoms with Gasteiger partial charge in [0.2, 0.25) is 0 Å². The third-order valence-corrected chi connectivity index (χ3v) is 2.34. The van der Waals surface area contributed by atoms with Crippen LogP contribution in [0.25, 0.3) is 0 Å². The van der Waals surface area contributed by atoms with Crippen LogP contribution in [0.3, 0.4) is 0 Å². The summed E-state index contributed by atoms with van der Waals surface area (Å²) in [6.45, 7) is 0.599. The van der Waals surface area contributed by atoms with E-state index >= 15 is 0 Å². The van der Waals surface area contributed by atoms with Crippen LogP contribution in [0.1, 0.15) is 5.56 Å². The van der Waals surface area contributed by atoms with E-state index in [-0.39, 0.29) is 11.8 Å². The molecule has 6 heteroatoms. The predicted octanol–water partition coefficient (Wildman–Crippen LogP) is 1.05. The van der Waals surface area contributed by atoms with Crippen LogP contribution < -0.4 is 4.90 Å². The van der Waals surface area contributed by atoms with Gasteiger partial charge in [0.25, 0.3) is 0 Å². The molecule has 1 heterocycles. The molecule has 1 atom stereocenters. The zero-order valence-electron chi connectivity index (χ0n) is 9.72. The van der Waals surface area contributed by atoms with Gasteiger partial charge in [-0.1, -0.05) is 11.6 Å². The van der Waals surface area contributed by atoms with Crippen LogP contribution >= 0.6 is 11.6 Å². The molecule has 0 aromatic carbocycles. The number of nitrogens with zero attached hydrogens (tertiary/aromatic N) is 3. The summed E-state index contributed by atoms with van der Waals surface area (Å²) in [6, 6.07) is 5.11. The van der Waals surface area contributed by atoms with Crippen molar-refractivity contribution in [3.8, 4) is 6.07 Å². The minimum absolute atomic E-state index is 0.246. The molecule has 0 fully saturated rings. The van der Waals surface area contributed by atoms with E-state index in [9.17, 15) is 5.11 Å². The molecule has 17 heavy (non-hydrogen) atoms. The molecule has 1 unspecified atom stereocenters. The molecule has 0 spiro atoms. The van der Waals surface area contributed by atoms with Crippen LogP contribution in [0, 0.1) is 11.3 Å². The van der Waals surface area contributed by atoms with Crippen molar-refractivity contribution in [2.24, 2.45) is 0 Å². The van der Waals surface area contributed by atoms with Crippen molar-refractivity contribution < 1.29 is 9.84 Å². The number of ether oxygens (including phenoxy) is 1. The lowest BCUT2D eigenvalue weighted by Crippen LogP contribution is -2.32. The fraction of sp³-hybridized carbons (Fsp3) is 0.455. The maximum atomic E-state index is 9.58. The van der Waals surface area contributed by atoms with E-state index < -0.39 is 6.10 Å². The molecule has 0 aliphatic carbocycles. The van der Waals surface area contributed by atoms with Gasteiger partial charge in [0.1, 0.15) is 11.0 Å². The van der Waals surface area contributed by atoms with Gasteiger partial charge in [-0.3, -0.25) is 0 Å². The van der Waals surface area contributed by atoms with Crippen molar-refractivity contribution >= 4 is 17.4 Å². The molecular formula is C11H14ClN3O2. The first-order valence-electron chi connectivity index (χ1n) is 5.02. The van der Waals surface area contributed by atoms with Crippen molar-refractivity contribution in [1.82, 2.24) is 4.98 Å². The summed E-state index contributed by atoms with van der Waals surface area (Å²) in [7, 11) is 3.29. The molecule has 1 aromatic heterocycles. The Hall–Kier alpha value is -1.35. The van der Waals surface area contributed by atoms with Gasteiger partial charge in [-0.2, -0.15) is 5.26 Å². The first-order chi connectivity index (χ1) is 8.06. The van der Waals surface area contributed by atoms with Gasteiger partial charge in [-0.05, 0) is 12.1 Å². The molecule has 1 aromatic rings. The molecule has 0 saturated heterocycles. The number of rotatable bonds is 5. The van der Waals surface area contributed by atoms with Gasteiger partial charge in [0, 0.05) is 20.7 Å². The summed E-state index contributed by atoms with van der Waals surface area (Å²) >= 11 is 5.79.